The summed E-state index contributed by atoms with van der Waals surface area (Å²) < 4.78 is 10.6. The van der Waals surface area contributed by atoms with Gasteiger partial charge in [-0.15, -0.1) is 0 Å². The van der Waals surface area contributed by atoms with Crippen LogP contribution in [0, 0.1) is 0 Å². The number of carbonyl (C=O) groups excluding carboxylic acids is 1. The topological polar surface area (TPSA) is 101 Å². The number of nitrogens with one attached hydrogen (secondary N) is 3. The van der Waals surface area contributed by atoms with Gasteiger partial charge in [-0.05, 0) is 37.1 Å². The molecule has 1 atom stereocenters. The van der Waals surface area contributed by atoms with Crippen LogP contribution in [-0.4, -0.2) is 47.5 Å². The molecule has 3 rings (SSSR count). The summed E-state index contributed by atoms with van der Waals surface area (Å²) in [4.78, 5) is 16.3. The minimum absolute atomic E-state index is 0.0934. The third kappa shape index (κ3) is 5.18. The highest BCUT2D eigenvalue weighted by Gasteiger charge is 2.17. The highest BCUT2D eigenvalue weighted by atomic mass is 16.5. The van der Waals surface area contributed by atoms with Gasteiger partial charge in [-0.25, -0.2) is 4.98 Å². The first-order chi connectivity index (χ1) is 12.2. The zero-order valence-corrected chi connectivity index (χ0v) is 14.2. The van der Waals surface area contributed by atoms with Gasteiger partial charge in [0, 0.05) is 18.8 Å². The van der Waals surface area contributed by atoms with Crippen molar-refractivity contribution >= 4 is 11.6 Å². The Kier molecular flexibility index (Phi) is 5.84. The van der Waals surface area contributed by atoms with E-state index in [0.29, 0.717) is 24.7 Å². The molecule has 0 spiro atoms. The molecule has 0 bridgehead atoms. The van der Waals surface area contributed by atoms with Crippen LogP contribution < -0.4 is 15.4 Å². The Morgan fingerprint density at radius 3 is 2.96 bits per heavy atom. The first-order valence-electron chi connectivity index (χ1n) is 8.39. The van der Waals surface area contributed by atoms with E-state index in [2.05, 4.69) is 25.8 Å². The predicted octanol–water partition coefficient (Wildman–Crippen LogP) is 1.26. The van der Waals surface area contributed by atoms with Gasteiger partial charge in [0.05, 0.1) is 26.2 Å². The van der Waals surface area contributed by atoms with E-state index >= 15 is 0 Å². The molecule has 8 nitrogen and oxygen atoms in total. The van der Waals surface area contributed by atoms with Crippen LogP contribution in [0.2, 0.25) is 0 Å². The van der Waals surface area contributed by atoms with E-state index in [1.54, 1.807) is 7.11 Å². The summed E-state index contributed by atoms with van der Waals surface area (Å²) in [7, 11) is 1.63. The fourth-order valence-corrected chi connectivity index (χ4v) is 2.63. The number of aromatic amines is 1. The molecule has 134 valence electrons. The number of anilines is 1. The van der Waals surface area contributed by atoms with E-state index in [1.165, 1.54) is 0 Å². The summed E-state index contributed by atoms with van der Waals surface area (Å²) in [5, 5.41) is 13.0. The van der Waals surface area contributed by atoms with Gasteiger partial charge in [-0.2, -0.15) is 5.10 Å². The first kappa shape index (κ1) is 17.2. The number of methoxy groups -OCH3 is 1. The first-order valence-corrected chi connectivity index (χ1v) is 8.39. The van der Waals surface area contributed by atoms with E-state index in [1.807, 2.05) is 24.3 Å². The largest absolute Gasteiger partial charge is 0.497 e. The quantitative estimate of drug-likeness (QED) is 0.666. The lowest BCUT2D eigenvalue weighted by Crippen LogP contribution is -2.33. The van der Waals surface area contributed by atoms with Gasteiger partial charge in [0.25, 0.3) is 0 Å². The number of ether oxygens (including phenoxy) is 2. The second-order valence-corrected chi connectivity index (χ2v) is 5.90. The Hall–Kier alpha value is -2.61. The van der Waals surface area contributed by atoms with Gasteiger partial charge < -0.3 is 20.1 Å². The molecule has 2 aromatic rings. The van der Waals surface area contributed by atoms with Crippen LogP contribution in [0.25, 0.3) is 0 Å². The van der Waals surface area contributed by atoms with Crippen molar-refractivity contribution in [2.45, 2.75) is 31.9 Å². The standard InChI is InChI=1S/C17H23N5O3/c1-24-13-6-4-12(5-7-13)18-11-16-20-15(21-22-16)9-17(23)19-10-14-3-2-8-25-14/h4-7,14,18H,2-3,8-11H2,1H3,(H,19,23)(H,20,21,22). The minimum atomic E-state index is -0.0934. The molecule has 1 aliphatic heterocycles. The Morgan fingerprint density at radius 2 is 2.24 bits per heavy atom. The van der Waals surface area contributed by atoms with E-state index in [4.69, 9.17) is 9.47 Å². The molecule has 1 saturated heterocycles. The van der Waals surface area contributed by atoms with Crippen molar-refractivity contribution in [3.05, 3.63) is 35.9 Å². The SMILES string of the molecule is COc1ccc(NCc2nc(CC(=O)NCC3CCCO3)n[nH]2)cc1. The van der Waals surface area contributed by atoms with Gasteiger partial charge in [0.1, 0.15) is 11.6 Å². The fourth-order valence-electron chi connectivity index (χ4n) is 2.63. The lowest BCUT2D eigenvalue weighted by Gasteiger charge is -2.09. The number of benzene rings is 1. The monoisotopic (exact) mass is 345 g/mol. The molecule has 0 radical (unpaired) electrons. The number of rotatable bonds is 8. The minimum Gasteiger partial charge on any atom is -0.497 e. The molecule has 1 fully saturated rings. The highest BCUT2D eigenvalue weighted by molar-refractivity contribution is 5.77. The summed E-state index contributed by atoms with van der Waals surface area (Å²) in [5.41, 5.74) is 0.952. The Balaban J connectivity index is 1.42. The van der Waals surface area contributed by atoms with Gasteiger partial charge in [0.2, 0.25) is 5.91 Å². The van der Waals surface area contributed by atoms with Crippen molar-refractivity contribution in [3.8, 4) is 5.75 Å². The number of hydrogen-bond donors (Lipinski definition) is 3. The van der Waals surface area contributed by atoms with Crippen LogP contribution >= 0.6 is 0 Å². The summed E-state index contributed by atoms with van der Waals surface area (Å²) in [6, 6.07) is 7.61. The molecule has 1 aliphatic rings. The molecule has 0 saturated carbocycles. The molecule has 8 heteroatoms. The third-order valence-corrected chi connectivity index (χ3v) is 4.00. The maximum Gasteiger partial charge on any atom is 0.227 e. The molecular formula is C17H23N5O3. The van der Waals surface area contributed by atoms with Crippen LogP contribution in [0.3, 0.4) is 0 Å². The average molecular weight is 345 g/mol. The second-order valence-electron chi connectivity index (χ2n) is 5.90. The molecule has 1 unspecified atom stereocenters. The maximum atomic E-state index is 11.9. The predicted molar refractivity (Wildman–Crippen MR) is 92.4 cm³/mol. The molecule has 2 heterocycles. The molecule has 1 amide bonds. The van der Waals surface area contributed by atoms with Gasteiger partial charge in [0.15, 0.2) is 5.82 Å². The van der Waals surface area contributed by atoms with Gasteiger partial charge in [-0.1, -0.05) is 0 Å². The van der Waals surface area contributed by atoms with Crippen LogP contribution in [0.15, 0.2) is 24.3 Å². The van der Waals surface area contributed by atoms with Crippen molar-refractivity contribution in [1.82, 2.24) is 20.5 Å². The molecule has 1 aromatic carbocycles. The highest BCUT2D eigenvalue weighted by Crippen LogP contribution is 2.15. The number of H-pyrrole nitrogens is 1. The van der Waals surface area contributed by atoms with E-state index < -0.39 is 0 Å². The van der Waals surface area contributed by atoms with Gasteiger partial charge >= 0.3 is 0 Å². The normalized spacial score (nSPS) is 16.6. The number of aromatic nitrogens is 3. The lowest BCUT2D eigenvalue weighted by molar-refractivity contribution is -0.121. The second kappa shape index (κ2) is 8.48. The Bertz CT molecular complexity index is 680. The average Bonchev–Trinajstić information content (AvgIpc) is 3.30. The Labute approximate surface area is 146 Å². The molecule has 0 aliphatic carbocycles. The number of carbonyl (C=O) groups is 1. The molecular weight excluding hydrogens is 322 g/mol. The Morgan fingerprint density at radius 1 is 1.40 bits per heavy atom. The van der Waals surface area contributed by atoms with E-state index in [0.717, 1.165) is 30.9 Å². The molecule has 3 N–H and O–H groups in total. The molecule has 25 heavy (non-hydrogen) atoms. The smallest absolute Gasteiger partial charge is 0.227 e. The van der Waals surface area contributed by atoms with Crippen molar-refractivity contribution < 1.29 is 14.3 Å². The lowest BCUT2D eigenvalue weighted by atomic mass is 10.2. The number of nitrogens with zero attached hydrogens (tertiary/aromatic N) is 2. The van der Waals surface area contributed by atoms with Crippen LogP contribution in [0.5, 0.6) is 5.75 Å². The maximum absolute atomic E-state index is 11.9. The summed E-state index contributed by atoms with van der Waals surface area (Å²) in [6.45, 7) is 1.83. The summed E-state index contributed by atoms with van der Waals surface area (Å²) >= 11 is 0. The van der Waals surface area contributed by atoms with E-state index in [-0.39, 0.29) is 18.4 Å². The zero-order valence-electron chi connectivity index (χ0n) is 14.2. The summed E-state index contributed by atoms with van der Waals surface area (Å²) in [5.74, 6) is 1.87. The molecule has 1 aromatic heterocycles. The van der Waals surface area contributed by atoms with Crippen molar-refractivity contribution in [3.63, 3.8) is 0 Å². The number of hydrogen-bond acceptors (Lipinski definition) is 6. The van der Waals surface area contributed by atoms with Crippen molar-refractivity contribution in [1.29, 1.82) is 0 Å². The van der Waals surface area contributed by atoms with Crippen LogP contribution in [0.4, 0.5) is 5.69 Å². The fraction of sp³-hybridized carbons (Fsp3) is 0.471. The van der Waals surface area contributed by atoms with Crippen molar-refractivity contribution in [2.24, 2.45) is 0 Å². The van der Waals surface area contributed by atoms with Crippen molar-refractivity contribution in [2.75, 3.05) is 25.6 Å². The number of amides is 1. The van der Waals surface area contributed by atoms with E-state index in [9.17, 15) is 4.79 Å². The van der Waals surface area contributed by atoms with Gasteiger partial charge in [-0.3, -0.25) is 9.89 Å². The van der Waals surface area contributed by atoms with Crippen LogP contribution in [0.1, 0.15) is 24.5 Å². The zero-order chi connectivity index (χ0) is 17.5. The third-order valence-electron chi connectivity index (χ3n) is 4.00. The summed E-state index contributed by atoms with van der Waals surface area (Å²) in [6.07, 6.45) is 2.36. The van der Waals surface area contributed by atoms with Crippen LogP contribution in [-0.2, 0) is 22.5 Å².